The van der Waals surface area contributed by atoms with Crippen molar-refractivity contribution in [3.05, 3.63) is 13.2 Å². The third kappa shape index (κ3) is 11.3. The molecule has 0 unspecified atom stereocenters. The van der Waals surface area contributed by atoms with Crippen molar-refractivity contribution in [3.63, 3.8) is 0 Å². The van der Waals surface area contributed by atoms with Gasteiger partial charge in [-0.2, -0.15) is 0 Å². The van der Waals surface area contributed by atoms with Gasteiger partial charge in [0, 0.05) is 0 Å². The second-order valence-electron chi connectivity index (χ2n) is 0. The van der Waals surface area contributed by atoms with Gasteiger partial charge in [-0.3, -0.25) is 6.58 Å². The summed E-state index contributed by atoms with van der Waals surface area (Å²) < 4.78 is 0. The summed E-state index contributed by atoms with van der Waals surface area (Å²) in [4.78, 5) is 0. The van der Waals surface area contributed by atoms with Crippen molar-refractivity contribution in [2.24, 2.45) is 0 Å². The molecule has 20 valence electrons. The van der Waals surface area contributed by atoms with E-state index in [2.05, 4.69) is 13.2 Å². The average molecular weight is 219 g/mol. The van der Waals surface area contributed by atoms with E-state index in [1.54, 1.807) is 0 Å². The number of halogens is 1. The molecule has 0 aliphatic rings. The van der Waals surface area contributed by atoms with Crippen LogP contribution in [0.15, 0.2) is 6.58 Å². The molecule has 0 aliphatic carbocycles. The fourth-order valence-electron chi connectivity index (χ4n) is 0. The molecule has 2 heteroatoms. The quantitative estimate of drug-likeness (QED) is 0.242. The Labute approximate surface area is 56.4 Å². The zero-order valence-corrected chi connectivity index (χ0v) is 7.49. The molecule has 0 N–H and O–H groups in total. The van der Waals surface area contributed by atoms with Gasteiger partial charge in [-0.1, -0.05) is 0 Å². The van der Waals surface area contributed by atoms with E-state index in [0.717, 1.165) is 0 Å². The molecular formula is C2H3IZn. The zero-order valence-electron chi connectivity index (χ0n) is 2.37. The first kappa shape index (κ1) is 19.5. The van der Waals surface area contributed by atoms with Crippen LogP contribution in [0.5, 0.6) is 0 Å². The molecule has 0 radical (unpaired) electrons. The van der Waals surface area contributed by atoms with Gasteiger partial charge in [-0.15, -0.1) is 0 Å². The summed E-state index contributed by atoms with van der Waals surface area (Å²) in [6.45, 7) is 7.00. The van der Waals surface area contributed by atoms with Crippen molar-refractivity contribution in [1.29, 1.82) is 0 Å². The fourth-order valence-corrected chi connectivity index (χ4v) is 0. The predicted octanol–water partition coefficient (Wildman–Crippen LogP) is -2.39. The first-order valence-electron chi connectivity index (χ1n) is 0.408. The minimum Gasteiger partial charge on any atom is -1.00 e. The molecule has 0 atom stereocenters. The van der Waals surface area contributed by atoms with Crippen LogP contribution in [0.2, 0.25) is 0 Å². The van der Waals surface area contributed by atoms with Crippen LogP contribution >= 0.6 is 0 Å². The summed E-state index contributed by atoms with van der Waals surface area (Å²) in [5, 5.41) is 0. The molecule has 0 aromatic rings. The van der Waals surface area contributed by atoms with Gasteiger partial charge in [-0.25, -0.2) is 0 Å². The normalized spacial score (nSPS) is 1.00. The van der Waals surface area contributed by atoms with Crippen molar-refractivity contribution in [2.45, 2.75) is 0 Å². The molecule has 4 heavy (non-hydrogen) atoms. The van der Waals surface area contributed by atoms with E-state index in [9.17, 15) is 0 Å². The molecule has 0 aromatic carbocycles. The van der Waals surface area contributed by atoms with Crippen molar-refractivity contribution in [2.75, 3.05) is 0 Å². The van der Waals surface area contributed by atoms with Crippen LogP contribution in [-0.4, -0.2) is 0 Å². The van der Waals surface area contributed by atoms with Crippen LogP contribution in [0, 0.1) is 6.58 Å². The van der Waals surface area contributed by atoms with Crippen molar-refractivity contribution < 1.29 is 43.5 Å². The Morgan fingerprint density at radius 1 is 1.25 bits per heavy atom. The molecule has 0 rings (SSSR count). The summed E-state index contributed by atoms with van der Waals surface area (Å²) in [5.41, 5.74) is 0. The van der Waals surface area contributed by atoms with Crippen LogP contribution in [0.25, 0.3) is 0 Å². The Balaban J connectivity index is -0.00000000500. The molecule has 0 saturated carbocycles. The number of rotatable bonds is 0. The van der Waals surface area contributed by atoms with Crippen LogP contribution < -0.4 is 24.0 Å². The number of hydrogen-bond donors (Lipinski definition) is 0. The molecule has 0 heterocycles. The average Bonchev–Trinajstić information content (AvgIpc) is 1.00. The topological polar surface area (TPSA) is 0 Å². The van der Waals surface area contributed by atoms with Gasteiger partial charge in [0.1, 0.15) is 0 Å². The van der Waals surface area contributed by atoms with E-state index < -0.39 is 0 Å². The van der Waals surface area contributed by atoms with Gasteiger partial charge < -0.3 is 30.6 Å². The molecular weight excluding hydrogens is 216 g/mol. The Morgan fingerprint density at radius 2 is 1.25 bits per heavy atom. The molecule has 0 spiro atoms. The summed E-state index contributed by atoms with van der Waals surface area (Å²) >= 11 is 0. The van der Waals surface area contributed by atoms with E-state index in [4.69, 9.17) is 0 Å². The first-order chi connectivity index (χ1) is 1.00. The first-order valence-corrected chi connectivity index (χ1v) is 0.408. The van der Waals surface area contributed by atoms with Gasteiger partial charge in [0.25, 0.3) is 0 Å². The van der Waals surface area contributed by atoms with Crippen molar-refractivity contribution in [1.82, 2.24) is 0 Å². The largest absolute Gasteiger partial charge is 2.00 e. The Morgan fingerprint density at radius 3 is 1.25 bits per heavy atom. The smallest absolute Gasteiger partial charge is 1.00 e. The molecule has 0 aliphatic heterocycles. The van der Waals surface area contributed by atoms with Gasteiger partial charge in [0.2, 0.25) is 0 Å². The van der Waals surface area contributed by atoms with E-state index in [0.29, 0.717) is 0 Å². The van der Waals surface area contributed by atoms with Crippen LogP contribution in [0.3, 0.4) is 0 Å². The van der Waals surface area contributed by atoms with Gasteiger partial charge >= 0.3 is 19.5 Å². The zero-order chi connectivity index (χ0) is 2.00. The third-order valence-corrected chi connectivity index (χ3v) is 0. The Bertz CT molecular complexity index is 6.00. The van der Waals surface area contributed by atoms with E-state index in [1.165, 1.54) is 0 Å². The minimum absolute atomic E-state index is 0. The molecule has 0 amide bonds. The molecule has 0 nitrogen and oxygen atoms in total. The van der Waals surface area contributed by atoms with Gasteiger partial charge in [0.15, 0.2) is 0 Å². The predicted molar refractivity (Wildman–Crippen MR) is 9.93 cm³/mol. The van der Waals surface area contributed by atoms with Crippen molar-refractivity contribution >= 4 is 0 Å². The third-order valence-electron chi connectivity index (χ3n) is 0. The summed E-state index contributed by atoms with van der Waals surface area (Å²) in [6.07, 6.45) is 0. The van der Waals surface area contributed by atoms with Gasteiger partial charge in [0.05, 0.1) is 0 Å². The maximum atomic E-state index is 4.25. The molecule has 0 aromatic heterocycles. The summed E-state index contributed by atoms with van der Waals surface area (Å²) in [7, 11) is 0. The monoisotopic (exact) mass is 218 g/mol. The molecule has 0 fully saturated rings. The maximum Gasteiger partial charge on any atom is 2.00 e. The van der Waals surface area contributed by atoms with Gasteiger partial charge in [-0.05, 0) is 0 Å². The minimum atomic E-state index is 0. The SMILES string of the molecule is [CH-]=C.[I-].[Zn+2]. The second-order valence-corrected chi connectivity index (χ2v) is 0. The Kier molecular flexibility index (Phi) is 160. The second kappa shape index (κ2) is 32.8. The van der Waals surface area contributed by atoms with E-state index >= 15 is 0 Å². The van der Waals surface area contributed by atoms with Crippen molar-refractivity contribution in [3.8, 4) is 0 Å². The number of hydrogen-bond acceptors (Lipinski definition) is 0. The van der Waals surface area contributed by atoms with Crippen LogP contribution in [0.4, 0.5) is 0 Å². The van der Waals surface area contributed by atoms with Crippen LogP contribution in [-0.2, 0) is 19.5 Å². The standard InChI is InChI=1S/C2H3.HI.Zn/c1-2;;/h1H,2H2;1H;/q-1;;+2/p-1. The maximum absolute atomic E-state index is 4.25. The molecule has 0 saturated heterocycles. The summed E-state index contributed by atoms with van der Waals surface area (Å²) in [6, 6.07) is 0. The van der Waals surface area contributed by atoms with E-state index in [1.807, 2.05) is 0 Å². The fraction of sp³-hybridized carbons (Fsp3) is 0. The van der Waals surface area contributed by atoms with Crippen LogP contribution in [0.1, 0.15) is 0 Å². The van der Waals surface area contributed by atoms with E-state index in [-0.39, 0.29) is 43.5 Å². The Hall–Kier alpha value is 1.09. The molecule has 0 bridgehead atoms. The summed E-state index contributed by atoms with van der Waals surface area (Å²) in [5.74, 6) is 0.